The van der Waals surface area contributed by atoms with Gasteiger partial charge in [-0.15, -0.1) is 11.6 Å². The summed E-state index contributed by atoms with van der Waals surface area (Å²) in [7, 11) is 1.55. The zero-order valence-electron chi connectivity index (χ0n) is 9.81. The van der Waals surface area contributed by atoms with E-state index in [2.05, 4.69) is 5.32 Å². The van der Waals surface area contributed by atoms with Crippen molar-refractivity contribution in [3.63, 3.8) is 0 Å². The van der Waals surface area contributed by atoms with Crippen LogP contribution in [0.1, 0.15) is 11.1 Å². The normalized spacial score (nSPS) is 9.39. The van der Waals surface area contributed by atoms with E-state index in [0.717, 1.165) is 5.56 Å². The summed E-state index contributed by atoms with van der Waals surface area (Å²) in [6.07, 6.45) is 0. The summed E-state index contributed by atoms with van der Waals surface area (Å²) in [4.78, 5) is 23.8. The number of hydrogen-bond donors (Lipinski definition) is 1. The Morgan fingerprint density at radius 2 is 2.22 bits per heavy atom. The van der Waals surface area contributed by atoms with Crippen LogP contribution in [-0.4, -0.2) is 29.8 Å². The third-order valence-corrected chi connectivity index (χ3v) is 2.43. The van der Waals surface area contributed by atoms with Gasteiger partial charge in [-0.05, 0) is 17.7 Å². The largest absolute Gasteiger partial charge is 0.324 e. The van der Waals surface area contributed by atoms with Crippen LogP contribution >= 0.6 is 11.6 Å². The zero-order valence-corrected chi connectivity index (χ0v) is 10.6. The van der Waals surface area contributed by atoms with Crippen LogP contribution in [0.25, 0.3) is 0 Å². The standard InChI is InChI=1S/C12H12ClN3O2/c1-16(12(18)15-11(17)6-13)8-10-4-2-3-9(5-10)7-14/h2-5H,6,8H2,1H3,(H,15,17,18). The topological polar surface area (TPSA) is 73.2 Å². The quantitative estimate of drug-likeness (QED) is 0.841. The lowest BCUT2D eigenvalue weighted by Crippen LogP contribution is -2.40. The number of halogens is 1. The molecule has 0 atom stereocenters. The molecule has 18 heavy (non-hydrogen) atoms. The summed E-state index contributed by atoms with van der Waals surface area (Å²) in [5.41, 5.74) is 1.34. The number of amides is 3. The molecule has 0 saturated heterocycles. The highest BCUT2D eigenvalue weighted by Gasteiger charge is 2.12. The highest BCUT2D eigenvalue weighted by atomic mass is 35.5. The minimum absolute atomic E-state index is 0.260. The van der Waals surface area contributed by atoms with Crippen molar-refractivity contribution in [2.24, 2.45) is 0 Å². The minimum Gasteiger partial charge on any atom is -0.323 e. The Balaban J connectivity index is 2.64. The predicted octanol–water partition coefficient (Wildman–Crippen LogP) is 1.47. The number of carbonyl (C=O) groups excluding carboxylic acids is 2. The number of alkyl halides is 1. The number of hydrogen-bond acceptors (Lipinski definition) is 3. The van der Waals surface area contributed by atoms with Crippen LogP contribution in [0, 0.1) is 11.3 Å². The van der Waals surface area contributed by atoms with Gasteiger partial charge >= 0.3 is 6.03 Å². The van der Waals surface area contributed by atoms with Crippen molar-refractivity contribution < 1.29 is 9.59 Å². The van der Waals surface area contributed by atoms with Crippen molar-refractivity contribution in [3.05, 3.63) is 35.4 Å². The average molecular weight is 266 g/mol. The fourth-order valence-corrected chi connectivity index (χ4v) is 1.40. The Hall–Kier alpha value is -2.06. The maximum Gasteiger partial charge on any atom is 0.324 e. The molecule has 3 amide bonds. The molecule has 6 heteroatoms. The summed E-state index contributed by atoms with van der Waals surface area (Å²) in [6.45, 7) is 0.302. The molecule has 0 fully saturated rings. The van der Waals surface area contributed by atoms with Gasteiger partial charge in [0.2, 0.25) is 5.91 Å². The second kappa shape index (κ2) is 6.62. The SMILES string of the molecule is CN(Cc1cccc(C#N)c1)C(=O)NC(=O)CCl. The lowest BCUT2D eigenvalue weighted by molar-refractivity contribution is -0.117. The third kappa shape index (κ3) is 4.07. The number of imide groups is 1. The molecule has 0 aliphatic heterocycles. The smallest absolute Gasteiger partial charge is 0.323 e. The van der Waals surface area contributed by atoms with Crippen LogP contribution in [-0.2, 0) is 11.3 Å². The molecule has 0 heterocycles. The number of nitrogens with zero attached hydrogens (tertiary/aromatic N) is 2. The van der Waals surface area contributed by atoms with Gasteiger partial charge in [-0.25, -0.2) is 4.79 Å². The Morgan fingerprint density at radius 3 is 2.83 bits per heavy atom. The van der Waals surface area contributed by atoms with Crippen LogP contribution in [0.2, 0.25) is 0 Å². The van der Waals surface area contributed by atoms with E-state index in [0.29, 0.717) is 12.1 Å². The molecule has 0 unspecified atom stereocenters. The maximum atomic E-state index is 11.5. The number of benzene rings is 1. The molecule has 5 nitrogen and oxygen atoms in total. The maximum absolute atomic E-state index is 11.5. The number of urea groups is 1. The Kier molecular flexibility index (Phi) is 5.15. The Labute approximate surface area is 110 Å². The minimum atomic E-state index is -0.542. The van der Waals surface area contributed by atoms with Crippen molar-refractivity contribution in [1.82, 2.24) is 10.2 Å². The number of nitriles is 1. The molecule has 1 aromatic carbocycles. The summed E-state index contributed by atoms with van der Waals surface area (Å²) in [6, 6.07) is 8.40. The van der Waals surface area contributed by atoms with E-state index < -0.39 is 11.9 Å². The molecular weight excluding hydrogens is 254 g/mol. The molecule has 94 valence electrons. The van der Waals surface area contributed by atoms with Crippen molar-refractivity contribution >= 4 is 23.5 Å². The molecule has 0 aliphatic carbocycles. The van der Waals surface area contributed by atoms with E-state index in [1.807, 2.05) is 6.07 Å². The summed E-state index contributed by atoms with van der Waals surface area (Å²) in [5, 5.41) is 10.9. The monoisotopic (exact) mass is 265 g/mol. The van der Waals surface area contributed by atoms with E-state index in [4.69, 9.17) is 16.9 Å². The number of rotatable bonds is 3. The molecule has 0 bridgehead atoms. The predicted molar refractivity (Wildman–Crippen MR) is 66.9 cm³/mol. The Bertz CT molecular complexity index is 496. The van der Waals surface area contributed by atoms with Gasteiger partial charge in [0.15, 0.2) is 0 Å². The second-order valence-corrected chi connectivity index (χ2v) is 3.92. The molecule has 1 N–H and O–H groups in total. The molecule has 1 rings (SSSR count). The first-order chi connectivity index (χ1) is 8.56. The van der Waals surface area contributed by atoms with Gasteiger partial charge < -0.3 is 4.90 Å². The molecule has 0 spiro atoms. The van der Waals surface area contributed by atoms with Gasteiger partial charge in [0.1, 0.15) is 5.88 Å². The molecule has 0 aromatic heterocycles. The average Bonchev–Trinajstić information content (AvgIpc) is 2.38. The van der Waals surface area contributed by atoms with Gasteiger partial charge in [0.25, 0.3) is 0 Å². The number of carbonyl (C=O) groups is 2. The molecule has 0 saturated carbocycles. The third-order valence-electron chi connectivity index (χ3n) is 2.19. The lowest BCUT2D eigenvalue weighted by Gasteiger charge is -2.17. The van der Waals surface area contributed by atoms with E-state index in [1.54, 1.807) is 31.3 Å². The van der Waals surface area contributed by atoms with Gasteiger partial charge in [-0.1, -0.05) is 12.1 Å². The van der Waals surface area contributed by atoms with Gasteiger partial charge in [-0.2, -0.15) is 5.26 Å². The molecule has 1 aromatic rings. The second-order valence-electron chi connectivity index (χ2n) is 3.66. The fourth-order valence-electron chi connectivity index (χ4n) is 1.33. The highest BCUT2D eigenvalue weighted by molar-refractivity contribution is 6.28. The van der Waals surface area contributed by atoms with E-state index in [1.165, 1.54) is 4.90 Å². The first-order valence-electron chi connectivity index (χ1n) is 5.16. The van der Waals surface area contributed by atoms with Crippen LogP contribution < -0.4 is 5.32 Å². The fraction of sp³-hybridized carbons (Fsp3) is 0.250. The van der Waals surface area contributed by atoms with E-state index >= 15 is 0 Å². The van der Waals surface area contributed by atoms with E-state index in [-0.39, 0.29) is 5.88 Å². The zero-order chi connectivity index (χ0) is 13.5. The van der Waals surface area contributed by atoms with Gasteiger partial charge in [-0.3, -0.25) is 10.1 Å². The molecule has 0 radical (unpaired) electrons. The van der Waals surface area contributed by atoms with Crippen molar-refractivity contribution in [1.29, 1.82) is 5.26 Å². The van der Waals surface area contributed by atoms with Crippen LogP contribution in [0.5, 0.6) is 0 Å². The summed E-state index contributed by atoms with van der Waals surface area (Å²) < 4.78 is 0. The molecule has 0 aliphatic rings. The Morgan fingerprint density at radius 1 is 1.50 bits per heavy atom. The summed E-state index contributed by atoms with van der Waals surface area (Å²) in [5.74, 6) is -0.803. The van der Waals surface area contributed by atoms with Crippen molar-refractivity contribution in [3.8, 4) is 6.07 Å². The first kappa shape index (κ1) is 14.0. The van der Waals surface area contributed by atoms with Gasteiger partial charge in [0, 0.05) is 13.6 Å². The lowest BCUT2D eigenvalue weighted by atomic mass is 10.1. The highest BCUT2D eigenvalue weighted by Crippen LogP contribution is 2.06. The summed E-state index contributed by atoms with van der Waals surface area (Å²) >= 11 is 5.28. The molecular formula is C12H12ClN3O2. The van der Waals surface area contributed by atoms with Gasteiger partial charge in [0.05, 0.1) is 11.6 Å². The van der Waals surface area contributed by atoms with E-state index in [9.17, 15) is 9.59 Å². The van der Waals surface area contributed by atoms with Crippen LogP contribution in [0.4, 0.5) is 4.79 Å². The van der Waals surface area contributed by atoms with Crippen LogP contribution in [0.3, 0.4) is 0 Å². The number of nitrogens with one attached hydrogen (secondary N) is 1. The van der Waals surface area contributed by atoms with Crippen LogP contribution in [0.15, 0.2) is 24.3 Å². The van der Waals surface area contributed by atoms with Crippen molar-refractivity contribution in [2.45, 2.75) is 6.54 Å². The first-order valence-corrected chi connectivity index (χ1v) is 5.70. The van der Waals surface area contributed by atoms with Crippen molar-refractivity contribution in [2.75, 3.05) is 12.9 Å².